The van der Waals surface area contributed by atoms with E-state index in [0.717, 1.165) is 0 Å². The van der Waals surface area contributed by atoms with Crippen LogP contribution in [0.15, 0.2) is 42.7 Å². The van der Waals surface area contributed by atoms with E-state index in [1.807, 2.05) is 0 Å². The largest absolute Gasteiger partial charge is 0.462 e. The molecular formula is C13H12N2O3. The Labute approximate surface area is 104 Å². The van der Waals surface area contributed by atoms with Gasteiger partial charge in [0, 0.05) is 12.4 Å². The van der Waals surface area contributed by atoms with Crippen molar-refractivity contribution in [3.8, 4) is 11.8 Å². The molecule has 0 atom stereocenters. The first kappa shape index (κ1) is 12.0. The highest BCUT2D eigenvalue weighted by Crippen LogP contribution is 2.17. The van der Waals surface area contributed by atoms with E-state index in [4.69, 9.17) is 9.47 Å². The van der Waals surface area contributed by atoms with Crippen molar-refractivity contribution in [2.45, 2.75) is 6.92 Å². The Kier molecular flexibility index (Phi) is 3.86. The lowest BCUT2D eigenvalue weighted by Gasteiger charge is -2.04. The Morgan fingerprint density at radius 1 is 1.17 bits per heavy atom. The SMILES string of the molecule is CCOC(=O)c1ccc(Oc2ncccn2)cc1. The van der Waals surface area contributed by atoms with Crippen molar-refractivity contribution in [3.63, 3.8) is 0 Å². The van der Waals surface area contributed by atoms with E-state index in [0.29, 0.717) is 17.9 Å². The Morgan fingerprint density at radius 3 is 2.44 bits per heavy atom. The number of hydrogen-bond donors (Lipinski definition) is 0. The second-order valence-electron chi connectivity index (χ2n) is 3.38. The van der Waals surface area contributed by atoms with E-state index in [9.17, 15) is 4.79 Å². The molecule has 1 aromatic carbocycles. The van der Waals surface area contributed by atoms with E-state index in [-0.39, 0.29) is 12.0 Å². The van der Waals surface area contributed by atoms with Gasteiger partial charge in [0.05, 0.1) is 12.2 Å². The fraction of sp³-hybridized carbons (Fsp3) is 0.154. The summed E-state index contributed by atoms with van der Waals surface area (Å²) >= 11 is 0. The maximum atomic E-state index is 11.4. The minimum Gasteiger partial charge on any atom is -0.462 e. The van der Waals surface area contributed by atoms with Gasteiger partial charge in [-0.1, -0.05) is 0 Å². The molecule has 5 heteroatoms. The quantitative estimate of drug-likeness (QED) is 0.773. The number of carbonyl (C=O) groups excluding carboxylic acids is 1. The standard InChI is InChI=1S/C13H12N2O3/c1-2-17-12(16)10-4-6-11(7-5-10)18-13-14-8-3-9-15-13/h3-9H,2H2,1H3. The number of aromatic nitrogens is 2. The molecule has 0 N–H and O–H groups in total. The van der Waals surface area contributed by atoms with Crippen LogP contribution in [0.2, 0.25) is 0 Å². The first-order valence-corrected chi connectivity index (χ1v) is 5.51. The Hall–Kier alpha value is -2.43. The molecule has 0 unspecified atom stereocenters. The van der Waals surface area contributed by atoms with Crippen LogP contribution in [0.4, 0.5) is 0 Å². The van der Waals surface area contributed by atoms with Crippen LogP contribution < -0.4 is 4.74 Å². The number of benzene rings is 1. The van der Waals surface area contributed by atoms with E-state index in [2.05, 4.69) is 9.97 Å². The molecule has 0 aliphatic rings. The fourth-order valence-corrected chi connectivity index (χ4v) is 1.32. The van der Waals surface area contributed by atoms with Gasteiger partial charge in [-0.05, 0) is 37.3 Å². The summed E-state index contributed by atoms with van der Waals surface area (Å²) in [6.07, 6.45) is 3.19. The lowest BCUT2D eigenvalue weighted by Crippen LogP contribution is -2.04. The first-order valence-electron chi connectivity index (χ1n) is 5.51. The van der Waals surface area contributed by atoms with Crippen molar-refractivity contribution in [1.82, 2.24) is 9.97 Å². The van der Waals surface area contributed by atoms with Crippen molar-refractivity contribution in [2.75, 3.05) is 6.61 Å². The Balaban J connectivity index is 2.06. The third-order valence-corrected chi connectivity index (χ3v) is 2.12. The molecule has 0 radical (unpaired) electrons. The number of carbonyl (C=O) groups is 1. The Morgan fingerprint density at radius 2 is 1.83 bits per heavy atom. The molecule has 92 valence electrons. The van der Waals surface area contributed by atoms with Gasteiger partial charge in [-0.2, -0.15) is 0 Å². The normalized spacial score (nSPS) is 9.83. The smallest absolute Gasteiger partial charge is 0.338 e. The maximum absolute atomic E-state index is 11.4. The summed E-state index contributed by atoms with van der Waals surface area (Å²) in [6, 6.07) is 8.58. The van der Waals surface area contributed by atoms with Gasteiger partial charge >= 0.3 is 12.0 Å². The highest BCUT2D eigenvalue weighted by atomic mass is 16.5. The zero-order valence-electron chi connectivity index (χ0n) is 9.87. The molecule has 5 nitrogen and oxygen atoms in total. The van der Waals surface area contributed by atoms with Crippen molar-refractivity contribution in [3.05, 3.63) is 48.3 Å². The lowest BCUT2D eigenvalue weighted by atomic mass is 10.2. The van der Waals surface area contributed by atoms with Gasteiger partial charge in [0.25, 0.3) is 0 Å². The molecule has 0 spiro atoms. The molecule has 0 aliphatic carbocycles. The predicted octanol–water partition coefficient (Wildman–Crippen LogP) is 2.45. The molecular weight excluding hydrogens is 232 g/mol. The van der Waals surface area contributed by atoms with Gasteiger partial charge in [0.1, 0.15) is 5.75 Å². The first-order chi connectivity index (χ1) is 8.79. The van der Waals surface area contributed by atoms with Crippen LogP contribution in [0.1, 0.15) is 17.3 Å². The van der Waals surface area contributed by atoms with Crippen LogP contribution in [0.25, 0.3) is 0 Å². The van der Waals surface area contributed by atoms with Crippen molar-refractivity contribution >= 4 is 5.97 Å². The average Bonchev–Trinajstić information content (AvgIpc) is 2.41. The summed E-state index contributed by atoms with van der Waals surface area (Å²) in [5.74, 6) is 0.217. The zero-order chi connectivity index (χ0) is 12.8. The molecule has 0 saturated heterocycles. The summed E-state index contributed by atoms with van der Waals surface area (Å²) in [5, 5.41) is 0. The third kappa shape index (κ3) is 3.04. The number of esters is 1. The molecule has 0 aliphatic heterocycles. The number of ether oxygens (including phenoxy) is 2. The second kappa shape index (κ2) is 5.77. The molecule has 2 aromatic rings. The Bertz CT molecular complexity index is 512. The van der Waals surface area contributed by atoms with E-state index in [1.165, 1.54) is 0 Å². The van der Waals surface area contributed by atoms with E-state index in [1.54, 1.807) is 49.6 Å². The van der Waals surface area contributed by atoms with Gasteiger partial charge < -0.3 is 9.47 Å². The van der Waals surface area contributed by atoms with Crippen molar-refractivity contribution in [1.29, 1.82) is 0 Å². The highest BCUT2D eigenvalue weighted by molar-refractivity contribution is 5.89. The molecule has 0 fully saturated rings. The molecule has 0 amide bonds. The van der Waals surface area contributed by atoms with E-state index < -0.39 is 0 Å². The molecule has 1 heterocycles. The van der Waals surface area contributed by atoms with Crippen LogP contribution in [0, 0.1) is 0 Å². The average molecular weight is 244 g/mol. The minimum atomic E-state index is -0.347. The third-order valence-electron chi connectivity index (χ3n) is 2.12. The fourth-order valence-electron chi connectivity index (χ4n) is 1.32. The lowest BCUT2D eigenvalue weighted by molar-refractivity contribution is 0.0526. The van der Waals surface area contributed by atoms with Gasteiger partial charge in [0.2, 0.25) is 0 Å². The number of rotatable bonds is 4. The van der Waals surface area contributed by atoms with Crippen LogP contribution in [0.5, 0.6) is 11.8 Å². The number of hydrogen-bond acceptors (Lipinski definition) is 5. The summed E-state index contributed by atoms with van der Waals surface area (Å²) in [7, 11) is 0. The van der Waals surface area contributed by atoms with Gasteiger partial charge in [0.15, 0.2) is 0 Å². The molecule has 1 aromatic heterocycles. The summed E-state index contributed by atoms with van der Waals surface area (Å²) in [5.41, 5.74) is 0.484. The molecule has 18 heavy (non-hydrogen) atoms. The monoisotopic (exact) mass is 244 g/mol. The summed E-state index contributed by atoms with van der Waals surface area (Å²) in [4.78, 5) is 19.3. The van der Waals surface area contributed by atoms with Crippen molar-refractivity contribution in [2.24, 2.45) is 0 Å². The van der Waals surface area contributed by atoms with Gasteiger partial charge in [-0.3, -0.25) is 0 Å². The van der Waals surface area contributed by atoms with Crippen LogP contribution in [0.3, 0.4) is 0 Å². The summed E-state index contributed by atoms with van der Waals surface area (Å²) < 4.78 is 10.3. The molecule has 0 saturated carbocycles. The maximum Gasteiger partial charge on any atom is 0.338 e. The number of nitrogens with zero attached hydrogens (tertiary/aromatic N) is 2. The van der Waals surface area contributed by atoms with Crippen LogP contribution >= 0.6 is 0 Å². The van der Waals surface area contributed by atoms with Crippen LogP contribution in [-0.2, 0) is 4.74 Å². The summed E-state index contributed by atoms with van der Waals surface area (Å²) in [6.45, 7) is 2.12. The molecule has 0 bridgehead atoms. The van der Waals surface area contributed by atoms with Crippen molar-refractivity contribution < 1.29 is 14.3 Å². The second-order valence-corrected chi connectivity index (χ2v) is 3.38. The van der Waals surface area contributed by atoms with Gasteiger partial charge in [-0.15, -0.1) is 0 Å². The molecule has 2 rings (SSSR count). The van der Waals surface area contributed by atoms with E-state index >= 15 is 0 Å². The topological polar surface area (TPSA) is 61.3 Å². The van der Waals surface area contributed by atoms with Crippen LogP contribution in [-0.4, -0.2) is 22.5 Å². The minimum absolute atomic E-state index is 0.265. The van der Waals surface area contributed by atoms with Gasteiger partial charge in [-0.25, -0.2) is 14.8 Å². The zero-order valence-corrected chi connectivity index (χ0v) is 9.87. The predicted molar refractivity (Wildman–Crippen MR) is 64.5 cm³/mol. The highest BCUT2D eigenvalue weighted by Gasteiger charge is 2.06.